The van der Waals surface area contributed by atoms with E-state index in [-0.39, 0.29) is 10.0 Å². The van der Waals surface area contributed by atoms with Gasteiger partial charge in [-0.3, -0.25) is 5.10 Å². The number of hydrogen-bond acceptors (Lipinski definition) is 4. The average molecular weight is 266 g/mol. The average Bonchev–Trinajstić information content (AvgIpc) is 2.66. The number of aliphatic hydroxyl groups is 1. The summed E-state index contributed by atoms with van der Waals surface area (Å²) in [5.74, 6) is 0. The molecule has 0 amide bonds. The molecule has 90 valence electrons. The maximum absolute atomic E-state index is 12.1. The van der Waals surface area contributed by atoms with Gasteiger partial charge < -0.3 is 5.11 Å². The third-order valence-electron chi connectivity index (χ3n) is 2.60. The quantitative estimate of drug-likeness (QED) is 0.800. The van der Waals surface area contributed by atoms with Crippen LogP contribution in [0.15, 0.2) is 11.1 Å². The highest BCUT2D eigenvalue weighted by atomic mass is 35.5. The van der Waals surface area contributed by atoms with Crippen LogP contribution in [0.25, 0.3) is 0 Å². The molecule has 0 atom stereocenters. The van der Waals surface area contributed by atoms with Gasteiger partial charge in [-0.1, -0.05) is 11.6 Å². The van der Waals surface area contributed by atoms with Gasteiger partial charge in [0.25, 0.3) is 0 Å². The number of piperidine rings is 1. The highest BCUT2D eigenvalue weighted by molar-refractivity contribution is 7.89. The molecule has 0 bridgehead atoms. The molecule has 1 aromatic heterocycles. The van der Waals surface area contributed by atoms with Crippen molar-refractivity contribution in [2.75, 3.05) is 13.1 Å². The minimum atomic E-state index is -3.58. The zero-order valence-corrected chi connectivity index (χ0v) is 10.00. The van der Waals surface area contributed by atoms with Crippen LogP contribution in [0.3, 0.4) is 0 Å². The van der Waals surface area contributed by atoms with Crippen molar-refractivity contribution in [1.82, 2.24) is 14.5 Å². The van der Waals surface area contributed by atoms with Crippen molar-refractivity contribution in [2.24, 2.45) is 0 Å². The van der Waals surface area contributed by atoms with E-state index in [0.717, 1.165) is 0 Å². The number of aromatic nitrogens is 2. The van der Waals surface area contributed by atoms with Crippen LogP contribution in [0.4, 0.5) is 0 Å². The summed E-state index contributed by atoms with van der Waals surface area (Å²) in [5, 5.41) is 15.3. The molecule has 1 fully saturated rings. The number of hydrogen-bond donors (Lipinski definition) is 2. The molecule has 16 heavy (non-hydrogen) atoms. The Hall–Kier alpha value is -0.630. The monoisotopic (exact) mass is 265 g/mol. The van der Waals surface area contributed by atoms with Gasteiger partial charge in [0.15, 0.2) is 0 Å². The molecular weight excluding hydrogens is 254 g/mol. The number of halogens is 1. The third kappa shape index (κ3) is 2.08. The fourth-order valence-electron chi connectivity index (χ4n) is 1.66. The molecule has 2 rings (SSSR count). The lowest BCUT2D eigenvalue weighted by Gasteiger charge is -2.28. The summed E-state index contributed by atoms with van der Waals surface area (Å²) >= 11 is 5.70. The SMILES string of the molecule is O=S(=O)(c1cn[nH]c1Cl)N1CCC(O)CC1. The lowest BCUT2D eigenvalue weighted by atomic mass is 10.1. The number of aliphatic hydroxyl groups excluding tert-OH is 1. The summed E-state index contributed by atoms with van der Waals surface area (Å²) in [5.41, 5.74) is 0. The molecule has 1 aromatic rings. The van der Waals surface area contributed by atoms with E-state index in [4.69, 9.17) is 11.6 Å². The summed E-state index contributed by atoms with van der Waals surface area (Å²) in [4.78, 5) is -0.00874. The maximum Gasteiger partial charge on any atom is 0.247 e. The largest absolute Gasteiger partial charge is 0.393 e. The molecule has 0 aliphatic carbocycles. The Balaban J connectivity index is 2.23. The molecule has 0 spiro atoms. The molecule has 6 nitrogen and oxygen atoms in total. The third-order valence-corrected chi connectivity index (χ3v) is 4.91. The molecule has 1 aliphatic heterocycles. The number of nitrogens with one attached hydrogen (secondary N) is 1. The molecule has 2 heterocycles. The number of aromatic amines is 1. The predicted molar refractivity (Wildman–Crippen MR) is 57.6 cm³/mol. The molecule has 0 aromatic carbocycles. The standard InChI is InChI=1S/C8H12ClN3O3S/c9-8-7(5-10-11-8)16(14,15)12-3-1-6(13)2-4-12/h5-6,13H,1-4H2,(H,10,11). The van der Waals surface area contributed by atoms with E-state index in [1.807, 2.05) is 0 Å². The van der Waals surface area contributed by atoms with Gasteiger partial charge in [0, 0.05) is 13.1 Å². The first kappa shape index (κ1) is 11.8. The fraction of sp³-hybridized carbons (Fsp3) is 0.625. The maximum atomic E-state index is 12.1. The number of sulfonamides is 1. The first-order chi connectivity index (χ1) is 7.51. The number of nitrogens with zero attached hydrogens (tertiary/aromatic N) is 2. The lowest BCUT2D eigenvalue weighted by Crippen LogP contribution is -2.39. The second-order valence-electron chi connectivity index (χ2n) is 3.68. The van der Waals surface area contributed by atoms with Gasteiger partial charge in [-0.25, -0.2) is 8.42 Å². The Kier molecular flexibility index (Phi) is 3.20. The summed E-state index contributed by atoms with van der Waals surface area (Å²) in [6.07, 6.45) is 1.69. The predicted octanol–water partition coefficient (Wildman–Crippen LogP) is 0.208. The molecular formula is C8H12ClN3O3S. The van der Waals surface area contributed by atoms with Crippen LogP contribution in [-0.2, 0) is 10.0 Å². The smallest absolute Gasteiger partial charge is 0.247 e. The summed E-state index contributed by atoms with van der Waals surface area (Å²) < 4.78 is 25.5. The highest BCUT2D eigenvalue weighted by Crippen LogP contribution is 2.24. The van der Waals surface area contributed by atoms with Crippen molar-refractivity contribution in [3.05, 3.63) is 11.3 Å². The Morgan fingerprint density at radius 1 is 1.50 bits per heavy atom. The topological polar surface area (TPSA) is 86.3 Å². The van der Waals surface area contributed by atoms with E-state index in [1.165, 1.54) is 10.5 Å². The van der Waals surface area contributed by atoms with Crippen molar-refractivity contribution >= 4 is 21.6 Å². The minimum Gasteiger partial charge on any atom is -0.393 e. The molecule has 1 aliphatic rings. The van der Waals surface area contributed by atoms with Crippen molar-refractivity contribution in [3.8, 4) is 0 Å². The Bertz CT molecular complexity index is 465. The fourth-order valence-corrected chi connectivity index (χ4v) is 3.48. The van der Waals surface area contributed by atoms with Gasteiger partial charge in [-0.05, 0) is 12.8 Å². The molecule has 0 unspecified atom stereocenters. The van der Waals surface area contributed by atoms with E-state index in [1.54, 1.807) is 0 Å². The van der Waals surface area contributed by atoms with Crippen LogP contribution in [0.1, 0.15) is 12.8 Å². The second-order valence-corrected chi connectivity index (χ2v) is 5.97. The van der Waals surface area contributed by atoms with Crippen LogP contribution in [0.2, 0.25) is 5.15 Å². The van der Waals surface area contributed by atoms with Crippen molar-refractivity contribution in [1.29, 1.82) is 0 Å². The van der Waals surface area contributed by atoms with Crippen LogP contribution < -0.4 is 0 Å². The first-order valence-corrected chi connectivity index (χ1v) is 6.70. The number of rotatable bonds is 2. The van der Waals surface area contributed by atoms with Gasteiger partial charge in [-0.15, -0.1) is 0 Å². The Labute approximate surface area is 98.3 Å². The molecule has 1 saturated heterocycles. The van der Waals surface area contributed by atoms with Gasteiger partial charge in [0.05, 0.1) is 12.3 Å². The van der Waals surface area contributed by atoms with Crippen LogP contribution in [0, 0.1) is 0 Å². The normalized spacial score (nSPS) is 20.1. The van der Waals surface area contributed by atoms with Crippen molar-refractivity contribution in [2.45, 2.75) is 23.8 Å². The summed E-state index contributed by atoms with van der Waals surface area (Å²) in [6.45, 7) is 0.621. The van der Waals surface area contributed by atoms with E-state index in [2.05, 4.69) is 10.2 Å². The van der Waals surface area contributed by atoms with Crippen LogP contribution in [-0.4, -0.2) is 47.2 Å². The first-order valence-electron chi connectivity index (χ1n) is 4.89. The Morgan fingerprint density at radius 2 is 2.12 bits per heavy atom. The summed E-state index contributed by atoms with van der Waals surface area (Å²) in [6, 6.07) is 0. The van der Waals surface area contributed by atoms with Crippen molar-refractivity contribution in [3.63, 3.8) is 0 Å². The van der Waals surface area contributed by atoms with Crippen molar-refractivity contribution < 1.29 is 13.5 Å². The van der Waals surface area contributed by atoms with Gasteiger partial charge in [0.2, 0.25) is 10.0 Å². The van der Waals surface area contributed by atoms with Gasteiger partial charge in [-0.2, -0.15) is 9.40 Å². The highest BCUT2D eigenvalue weighted by Gasteiger charge is 2.31. The zero-order chi connectivity index (χ0) is 11.8. The van der Waals surface area contributed by atoms with E-state index >= 15 is 0 Å². The number of H-pyrrole nitrogens is 1. The van der Waals surface area contributed by atoms with E-state index in [0.29, 0.717) is 25.9 Å². The zero-order valence-electron chi connectivity index (χ0n) is 8.43. The molecule has 8 heteroatoms. The van der Waals surface area contributed by atoms with Gasteiger partial charge in [0.1, 0.15) is 10.0 Å². The van der Waals surface area contributed by atoms with Gasteiger partial charge >= 0.3 is 0 Å². The van der Waals surface area contributed by atoms with E-state index in [9.17, 15) is 13.5 Å². The lowest BCUT2D eigenvalue weighted by molar-refractivity contribution is 0.113. The van der Waals surface area contributed by atoms with Crippen LogP contribution in [0.5, 0.6) is 0 Å². The van der Waals surface area contributed by atoms with Crippen LogP contribution >= 0.6 is 11.6 Å². The molecule has 2 N–H and O–H groups in total. The summed E-state index contributed by atoms with van der Waals surface area (Å²) in [7, 11) is -3.58. The molecule has 0 radical (unpaired) electrons. The molecule has 0 saturated carbocycles. The Morgan fingerprint density at radius 3 is 2.62 bits per heavy atom. The van der Waals surface area contributed by atoms with E-state index < -0.39 is 16.1 Å². The minimum absolute atomic E-state index is 0.00874. The second kappa shape index (κ2) is 4.33.